The molecular weight excluding hydrogens is 376 g/mol. The van der Waals surface area contributed by atoms with Crippen LogP contribution in [0.1, 0.15) is 38.7 Å². The van der Waals surface area contributed by atoms with Gasteiger partial charge < -0.3 is 9.64 Å². The lowest BCUT2D eigenvalue weighted by molar-refractivity contribution is -0.0690. The van der Waals surface area contributed by atoms with E-state index >= 15 is 0 Å². The third kappa shape index (κ3) is 5.23. The molecular formula is C20H30N4O3S. The van der Waals surface area contributed by atoms with E-state index in [4.69, 9.17) is 9.88 Å². The smallest absolute Gasteiger partial charge is 0.238 e. The summed E-state index contributed by atoms with van der Waals surface area (Å²) in [6, 6.07) is 6.67. The van der Waals surface area contributed by atoms with Gasteiger partial charge in [0.05, 0.1) is 28.4 Å². The number of morpholine rings is 1. The summed E-state index contributed by atoms with van der Waals surface area (Å²) in [5.41, 5.74) is 1.16. The van der Waals surface area contributed by atoms with Crippen LogP contribution in [0.25, 0.3) is 0 Å². The molecule has 2 atom stereocenters. The fourth-order valence-electron chi connectivity index (χ4n) is 4.35. The number of nitrogens with two attached hydrogens (primary N) is 1. The Morgan fingerprint density at radius 3 is 2.43 bits per heavy atom. The number of nitriles is 1. The zero-order valence-electron chi connectivity index (χ0n) is 16.7. The highest BCUT2D eigenvalue weighted by atomic mass is 32.2. The maximum atomic E-state index is 11.5. The van der Waals surface area contributed by atoms with Crippen molar-refractivity contribution in [1.29, 1.82) is 5.26 Å². The quantitative estimate of drug-likeness (QED) is 0.802. The molecule has 3 rings (SSSR count). The number of hydrogen-bond donors (Lipinski definition) is 1. The number of piperidine rings is 1. The van der Waals surface area contributed by atoms with Crippen molar-refractivity contribution in [1.82, 2.24) is 4.90 Å². The van der Waals surface area contributed by atoms with Crippen LogP contribution in [-0.4, -0.2) is 58.2 Å². The van der Waals surface area contributed by atoms with Gasteiger partial charge in [0, 0.05) is 26.2 Å². The summed E-state index contributed by atoms with van der Waals surface area (Å²) in [4.78, 5) is 4.67. The lowest BCUT2D eigenvalue weighted by Crippen LogP contribution is -2.46. The van der Waals surface area contributed by atoms with Crippen molar-refractivity contribution in [3.63, 3.8) is 0 Å². The molecule has 8 heteroatoms. The van der Waals surface area contributed by atoms with Crippen LogP contribution >= 0.6 is 0 Å². The van der Waals surface area contributed by atoms with Gasteiger partial charge in [-0.1, -0.05) is 0 Å². The van der Waals surface area contributed by atoms with Gasteiger partial charge in [0.25, 0.3) is 0 Å². The number of ether oxygens (including phenoxy) is 1. The van der Waals surface area contributed by atoms with Crippen LogP contribution in [0.5, 0.6) is 0 Å². The van der Waals surface area contributed by atoms with Gasteiger partial charge in [0.2, 0.25) is 10.0 Å². The number of anilines is 1. The topological polar surface area (TPSA) is 99.7 Å². The number of primary sulfonamides is 1. The van der Waals surface area contributed by atoms with Crippen LogP contribution in [0.2, 0.25) is 0 Å². The second-order valence-corrected chi connectivity index (χ2v) is 9.63. The molecule has 2 N–H and O–H groups in total. The number of rotatable bonds is 5. The minimum atomic E-state index is -3.80. The monoisotopic (exact) mass is 406 g/mol. The van der Waals surface area contributed by atoms with E-state index in [9.17, 15) is 13.7 Å². The summed E-state index contributed by atoms with van der Waals surface area (Å²) < 4.78 is 28.8. The predicted molar refractivity (Wildman–Crippen MR) is 109 cm³/mol. The van der Waals surface area contributed by atoms with E-state index in [1.165, 1.54) is 18.6 Å². The number of hydrogen-bond acceptors (Lipinski definition) is 6. The molecule has 0 spiro atoms. The van der Waals surface area contributed by atoms with Gasteiger partial charge in [-0.2, -0.15) is 5.26 Å². The average molecular weight is 407 g/mol. The average Bonchev–Trinajstić information content (AvgIpc) is 2.65. The highest BCUT2D eigenvalue weighted by Crippen LogP contribution is 2.29. The Bertz CT molecular complexity index is 818. The van der Waals surface area contributed by atoms with Gasteiger partial charge >= 0.3 is 0 Å². The second kappa shape index (κ2) is 8.78. The van der Waals surface area contributed by atoms with E-state index in [-0.39, 0.29) is 4.90 Å². The zero-order chi connectivity index (χ0) is 20.3. The Hall–Kier alpha value is -1.66. The Morgan fingerprint density at radius 1 is 1.21 bits per heavy atom. The Morgan fingerprint density at radius 2 is 1.86 bits per heavy atom. The summed E-state index contributed by atoms with van der Waals surface area (Å²) in [6.45, 7) is 9.14. The lowest BCUT2D eigenvalue weighted by Gasteiger charge is -2.38. The molecule has 2 aliphatic rings. The SMILES string of the molecule is CC1CN(CCC2CCN(c3ccc(S(N)(=O)=O)cc3C#N)CC2)CC(C)O1. The molecule has 2 aliphatic heterocycles. The minimum absolute atomic E-state index is 0.0170. The van der Waals surface area contributed by atoms with E-state index in [0.29, 0.717) is 23.7 Å². The lowest BCUT2D eigenvalue weighted by atomic mass is 9.92. The molecule has 0 radical (unpaired) electrons. The molecule has 7 nitrogen and oxygen atoms in total. The normalized spacial score (nSPS) is 24.9. The fourth-order valence-corrected chi connectivity index (χ4v) is 4.89. The summed E-state index contributed by atoms with van der Waals surface area (Å²) >= 11 is 0. The molecule has 2 saturated heterocycles. The maximum Gasteiger partial charge on any atom is 0.238 e. The number of benzene rings is 1. The first kappa shape index (κ1) is 21.1. The van der Waals surface area contributed by atoms with Crippen molar-refractivity contribution in [2.75, 3.05) is 37.6 Å². The Balaban J connectivity index is 1.55. The van der Waals surface area contributed by atoms with Crippen molar-refractivity contribution >= 4 is 15.7 Å². The molecule has 1 aromatic carbocycles. The summed E-state index contributed by atoms with van der Waals surface area (Å²) in [7, 11) is -3.80. The van der Waals surface area contributed by atoms with Crippen molar-refractivity contribution < 1.29 is 13.2 Å². The van der Waals surface area contributed by atoms with E-state index < -0.39 is 10.0 Å². The van der Waals surface area contributed by atoms with Crippen molar-refractivity contribution in [2.45, 2.75) is 50.2 Å². The zero-order valence-corrected chi connectivity index (χ0v) is 17.5. The number of nitrogens with zero attached hydrogens (tertiary/aromatic N) is 3. The van der Waals surface area contributed by atoms with Gasteiger partial charge in [-0.3, -0.25) is 4.90 Å². The molecule has 154 valence electrons. The molecule has 2 fully saturated rings. The van der Waals surface area contributed by atoms with Crippen LogP contribution in [0, 0.1) is 17.2 Å². The van der Waals surface area contributed by atoms with Crippen molar-refractivity contribution in [3.8, 4) is 6.07 Å². The van der Waals surface area contributed by atoms with Gasteiger partial charge in [0.1, 0.15) is 6.07 Å². The van der Waals surface area contributed by atoms with E-state index in [1.54, 1.807) is 6.07 Å². The standard InChI is InChI=1S/C20H30N4O3S/c1-15-13-23(14-16(2)27-15)8-5-17-6-9-24(10-7-17)20-4-3-19(28(22,25)26)11-18(20)12-21/h3-4,11,15-17H,5-10,13-14H2,1-2H3,(H2,22,25,26). The van der Waals surface area contributed by atoms with Crippen LogP contribution in [0.4, 0.5) is 5.69 Å². The first-order chi connectivity index (χ1) is 13.3. The summed E-state index contributed by atoms with van der Waals surface area (Å²) in [5, 5.41) is 14.6. The first-order valence-corrected chi connectivity index (χ1v) is 11.5. The van der Waals surface area contributed by atoms with E-state index in [2.05, 4.69) is 29.7 Å². The van der Waals surface area contributed by atoms with Gasteiger partial charge in [-0.15, -0.1) is 0 Å². The Kier molecular flexibility index (Phi) is 6.61. The summed E-state index contributed by atoms with van der Waals surface area (Å²) in [6.07, 6.45) is 3.95. The molecule has 2 unspecified atom stereocenters. The van der Waals surface area contributed by atoms with Gasteiger partial charge in [-0.05, 0) is 63.8 Å². The largest absolute Gasteiger partial charge is 0.373 e. The molecule has 0 aromatic heterocycles. The van der Waals surface area contributed by atoms with Crippen LogP contribution in [0.15, 0.2) is 23.1 Å². The van der Waals surface area contributed by atoms with Crippen LogP contribution in [-0.2, 0) is 14.8 Å². The van der Waals surface area contributed by atoms with E-state index in [1.807, 2.05) is 0 Å². The minimum Gasteiger partial charge on any atom is -0.373 e. The first-order valence-electron chi connectivity index (χ1n) is 9.96. The van der Waals surface area contributed by atoms with Gasteiger partial charge in [-0.25, -0.2) is 13.6 Å². The number of sulfonamides is 1. The molecule has 2 heterocycles. The maximum absolute atomic E-state index is 11.5. The second-order valence-electron chi connectivity index (χ2n) is 8.07. The Labute approximate surface area is 168 Å². The molecule has 0 aliphatic carbocycles. The molecule has 0 bridgehead atoms. The molecule has 28 heavy (non-hydrogen) atoms. The van der Waals surface area contributed by atoms with Gasteiger partial charge in [0.15, 0.2) is 0 Å². The van der Waals surface area contributed by atoms with Crippen molar-refractivity contribution in [3.05, 3.63) is 23.8 Å². The highest BCUT2D eigenvalue weighted by molar-refractivity contribution is 7.89. The van der Waals surface area contributed by atoms with E-state index in [0.717, 1.165) is 51.3 Å². The van der Waals surface area contributed by atoms with Crippen molar-refractivity contribution in [2.24, 2.45) is 11.1 Å². The third-order valence-electron chi connectivity index (χ3n) is 5.72. The van der Waals surface area contributed by atoms with Crippen LogP contribution in [0.3, 0.4) is 0 Å². The fraction of sp³-hybridized carbons (Fsp3) is 0.650. The summed E-state index contributed by atoms with van der Waals surface area (Å²) in [5.74, 6) is 0.680. The predicted octanol–water partition coefficient (Wildman–Crippen LogP) is 1.92. The highest BCUT2D eigenvalue weighted by Gasteiger charge is 2.25. The van der Waals surface area contributed by atoms with Crippen LogP contribution < -0.4 is 10.0 Å². The molecule has 0 saturated carbocycles. The molecule has 0 amide bonds. The third-order valence-corrected chi connectivity index (χ3v) is 6.63. The molecule has 1 aromatic rings.